The Morgan fingerprint density at radius 2 is 1.00 bits per heavy atom. The molecule has 0 saturated carbocycles. The maximum absolute atomic E-state index is 5.28. The summed E-state index contributed by atoms with van der Waals surface area (Å²) in [5, 5.41) is 0. The van der Waals surface area contributed by atoms with Crippen LogP contribution < -0.4 is 19.0 Å². The first-order valence-corrected chi connectivity index (χ1v) is 4.64. The van der Waals surface area contributed by atoms with Crippen LogP contribution >= 0.6 is 0 Å². The molecular formula is C10H11BN2O2+2. The van der Waals surface area contributed by atoms with E-state index in [9.17, 15) is 0 Å². The van der Waals surface area contributed by atoms with E-state index in [0.717, 1.165) is 0 Å². The fourth-order valence-electron chi connectivity index (χ4n) is 1.08. The van der Waals surface area contributed by atoms with Gasteiger partial charge in [-0.05, 0) is 9.46 Å². The van der Waals surface area contributed by atoms with E-state index in [1.807, 2.05) is 36.4 Å². The smallest absolute Gasteiger partial charge is 0.291 e. The summed E-state index contributed by atoms with van der Waals surface area (Å²) < 4.78 is 13.7. The van der Waals surface area contributed by atoms with Crippen LogP contribution in [0.1, 0.15) is 0 Å². The van der Waals surface area contributed by atoms with Crippen LogP contribution in [0.5, 0.6) is 0 Å². The Morgan fingerprint density at radius 3 is 1.40 bits per heavy atom. The van der Waals surface area contributed by atoms with Crippen molar-refractivity contribution < 1.29 is 19.0 Å². The van der Waals surface area contributed by atoms with Gasteiger partial charge in [0.05, 0.1) is 0 Å². The second kappa shape index (κ2) is 5.00. The largest absolute Gasteiger partial charge is 0.723 e. The van der Waals surface area contributed by atoms with Crippen LogP contribution in [0.25, 0.3) is 0 Å². The van der Waals surface area contributed by atoms with Crippen LogP contribution in [0, 0.1) is 0 Å². The minimum absolute atomic E-state index is 0.156. The zero-order valence-corrected chi connectivity index (χ0v) is 8.19. The molecule has 15 heavy (non-hydrogen) atoms. The molecule has 0 unspecified atom stereocenters. The third kappa shape index (κ3) is 2.98. The van der Waals surface area contributed by atoms with Crippen LogP contribution in [0.4, 0.5) is 0 Å². The molecule has 0 aliphatic heterocycles. The van der Waals surface area contributed by atoms with Gasteiger partial charge < -0.3 is 0 Å². The summed E-state index contributed by atoms with van der Waals surface area (Å²) in [6.45, 7) is 0. The van der Waals surface area contributed by atoms with Crippen molar-refractivity contribution in [2.24, 2.45) is 0 Å². The van der Waals surface area contributed by atoms with E-state index in [-0.39, 0.29) is 7.69 Å². The molecule has 4 nitrogen and oxygen atoms in total. The van der Waals surface area contributed by atoms with Gasteiger partial charge in [0.15, 0.2) is 0 Å². The lowest BCUT2D eigenvalue weighted by Gasteiger charge is -1.94. The van der Waals surface area contributed by atoms with Crippen LogP contribution in [-0.2, 0) is 0 Å². The second-order valence-electron chi connectivity index (χ2n) is 2.85. The predicted molar refractivity (Wildman–Crippen MR) is 53.6 cm³/mol. The normalized spacial score (nSPS) is 9.33. The molecule has 74 valence electrons. The minimum atomic E-state index is 0.156. The highest BCUT2D eigenvalue weighted by atomic mass is 16.7. The van der Waals surface area contributed by atoms with Crippen molar-refractivity contribution in [3.63, 3.8) is 0 Å². The molecule has 0 radical (unpaired) electrons. The zero-order chi connectivity index (χ0) is 10.3. The Labute approximate surface area is 88.5 Å². The van der Waals surface area contributed by atoms with Crippen molar-refractivity contribution in [2.45, 2.75) is 0 Å². The molecule has 2 aromatic rings. The lowest BCUT2D eigenvalue weighted by Crippen LogP contribution is -2.53. The van der Waals surface area contributed by atoms with E-state index in [1.54, 1.807) is 34.2 Å². The monoisotopic (exact) mass is 202 g/mol. The molecule has 0 aromatic carbocycles. The molecule has 2 aromatic heterocycles. The summed E-state index contributed by atoms with van der Waals surface area (Å²) in [7, 11) is 0.156. The number of rotatable bonds is 4. The molecule has 2 heterocycles. The molecule has 0 N–H and O–H groups in total. The number of hydrogen-bond acceptors (Lipinski definition) is 2. The highest BCUT2D eigenvalue weighted by Gasteiger charge is 2.08. The van der Waals surface area contributed by atoms with E-state index in [0.29, 0.717) is 0 Å². The minimum Gasteiger partial charge on any atom is -0.291 e. The van der Waals surface area contributed by atoms with Crippen molar-refractivity contribution in [1.82, 2.24) is 0 Å². The van der Waals surface area contributed by atoms with Gasteiger partial charge >= 0.3 is 7.69 Å². The molecule has 2 rings (SSSR count). The van der Waals surface area contributed by atoms with Crippen molar-refractivity contribution in [3.05, 3.63) is 61.2 Å². The molecule has 0 fully saturated rings. The first-order valence-electron chi connectivity index (χ1n) is 4.64. The van der Waals surface area contributed by atoms with Crippen molar-refractivity contribution in [2.75, 3.05) is 0 Å². The quantitative estimate of drug-likeness (QED) is 0.473. The lowest BCUT2D eigenvalue weighted by molar-refractivity contribution is -0.891. The zero-order valence-electron chi connectivity index (χ0n) is 8.19. The van der Waals surface area contributed by atoms with Gasteiger partial charge in [0, 0.05) is 24.3 Å². The fraction of sp³-hybridized carbons (Fsp3) is 0. The second-order valence-corrected chi connectivity index (χ2v) is 2.85. The summed E-state index contributed by atoms with van der Waals surface area (Å²) >= 11 is 0. The first-order chi connectivity index (χ1) is 7.45. The molecule has 0 aliphatic carbocycles. The van der Waals surface area contributed by atoms with Gasteiger partial charge in [-0.1, -0.05) is 12.1 Å². The van der Waals surface area contributed by atoms with Gasteiger partial charge in [-0.25, -0.2) is 0 Å². The summed E-state index contributed by atoms with van der Waals surface area (Å²) in [5.74, 6) is 0. The molecule has 0 spiro atoms. The van der Waals surface area contributed by atoms with Gasteiger partial charge in [-0.2, -0.15) is 0 Å². The lowest BCUT2D eigenvalue weighted by atomic mass is 10.4. The van der Waals surface area contributed by atoms with Crippen molar-refractivity contribution >= 4 is 7.69 Å². The van der Waals surface area contributed by atoms with Crippen LogP contribution in [0.15, 0.2) is 61.2 Å². The Balaban J connectivity index is 1.81. The van der Waals surface area contributed by atoms with E-state index in [2.05, 4.69) is 0 Å². The Bertz CT molecular complexity index is 357. The average molecular weight is 202 g/mol. The van der Waals surface area contributed by atoms with Gasteiger partial charge in [0.25, 0.3) is 0 Å². The number of nitrogens with zero attached hydrogens (tertiary/aromatic N) is 2. The van der Waals surface area contributed by atoms with Crippen LogP contribution in [0.2, 0.25) is 0 Å². The van der Waals surface area contributed by atoms with Crippen molar-refractivity contribution in [1.29, 1.82) is 0 Å². The third-order valence-corrected chi connectivity index (χ3v) is 1.78. The van der Waals surface area contributed by atoms with Crippen LogP contribution in [0.3, 0.4) is 0 Å². The molecule has 0 bridgehead atoms. The van der Waals surface area contributed by atoms with Gasteiger partial charge in [0.1, 0.15) is 0 Å². The molecule has 0 atom stereocenters. The summed E-state index contributed by atoms with van der Waals surface area (Å²) in [6.07, 6.45) is 7.22. The molecule has 0 aliphatic rings. The summed E-state index contributed by atoms with van der Waals surface area (Å²) in [6, 6.07) is 11.4. The molecular weight excluding hydrogens is 191 g/mol. The van der Waals surface area contributed by atoms with Crippen LogP contribution in [-0.4, -0.2) is 7.69 Å². The van der Waals surface area contributed by atoms with Gasteiger partial charge in [-0.3, -0.25) is 9.51 Å². The number of hydrogen-bond donors (Lipinski definition) is 0. The van der Waals surface area contributed by atoms with E-state index < -0.39 is 0 Å². The number of aromatic nitrogens is 2. The maximum atomic E-state index is 5.28. The average Bonchev–Trinajstić information content (AvgIpc) is 2.32. The number of pyridine rings is 2. The van der Waals surface area contributed by atoms with E-state index in [1.165, 1.54) is 0 Å². The van der Waals surface area contributed by atoms with E-state index in [4.69, 9.17) is 9.51 Å². The molecule has 0 amide bonds. The highest BCUT2D eigenvalue weighted by molar-refractivity contribution is 6.17. The fourth-order valence-corrected chi connectivity index (χ4v) is 1.08. The molecule has 5 heteroatoms. The Hall–Kier alpha value is -2.04. The maximum Gasteiger partial charge on any atom is 0.723 e. The highest BCUT2D eigenvalue weighted by Crippen LogP contribution is 1.74. The van der Waals surface area contributed by atoms with Gasteiger partial charge in [-0.15, -0.1) is 0 Å². The SMILES string of the molecule is B(O[n+]1ccccc1)O[n+]1ccccc1. The Kier molecular flexibility index (Phi) is 3.17. The first kappa shape index (κ1) is 9.52. The van der Waals surface area contributed by atoms with E-state index >= 15 is 0 Å². The summed E-state index contributed by atoms with van der Waals surface area (Å²) in [5.41, 5.74) is 0. The van der Waals surface area contributed by atoms with Gasteiger partial charge in [0.2, 0.25) is 24.8 Å². The predicted octanol–water partition coefficient (Wildman–Crippen LogP) is -0.914. The standard InChI is InChI=1S/C10H11BN2O2/c1-3-7-12(8-4-1)14-11-15-13-9-5-2-6-10-13/h1-11H/q+2. The Morgan fingerprint density at radius 1 is 0.600 bits per heavy atom. The summed E-state index contributed by atoms with van der Waals surface area (Å²) in [4.78, 5) is 0. The van der Waals surface area contributed by atoms with Crippen molar-refractivity contribution in [3.8, 4) is 0 Å². The topological polar surface area (TPSA) is 26.2 Å². The third-order valence-electron chi connectivity index (χ3n) is 1.78. The molecule has 0 saturated heterocycles.